The molecule has 0 radical (unpaired) electrons. The minimum Gasteiger partial charge on any atom is -0.480 e. The Morgan fingerprint density at radius 2 is 1.63 bits per heavy atom. The minimum absolute atomic E-state index is 0.0464. The van der Waals surface area contributed by atoms with Gasteiger partial charge in [0.15, 0.2) is 0 Å². The number of carboxylic acid groups (broad SMARTS) is 1. The molecule has 1 heterocycles. The van der Waals surface area contributed by atoms with E-state index in [4.69, 9.17) is 9.47 Å². The molecule has 3 rings (SSSR count). The molecule has 0 saturated carbocycles. The number of hydrogen-bond donors (Lipinski definition) is 2. The van der Waals surface area contributed by atoms with Crippen LogP contribution >= 0.6 is 0 Å². The average molecular weight is 570 g/mol. The van der Waals surface area contributed by atoms with Crippen molar-refractivity contribution in [2.75, 3.05) is 33.9 Å². The van der Waals surface area contributed by atoms with Crippen molar-refractivity contribution in [2.45, 2.75) is 31.5 Å². The number of piperazine rings is 1. The summed E-state index contributed by atoms with van der Waals surface area (Å²) in [6.45, 7) is -0.830. The van der Waals surface area contributed by atoms with Crippen LogP contribution in [0.15, 0.2) is 54.6 Å². The summed E-state index contributed by atoms with van der Waals surface area (Å²) in [5.74, 6) is -3.98. The first-order valence-corrected chi connectivity index (χ1v) is 12.6. The molecule has 2 aromatic carbocycles. The summed E-state index contributed by atoms with van der Waals surface area (Å²) in [4.78, 5) is 77.1. The number of amides is 3. The minimum atomic E-state index is -1.34. The van der Waals surface area contributed by atoms with Crippen LogP contribution in [0, 0.1) is 0 Å². The number of aliphatic carboxylic acids is 1. The van der Waals surface area contributed by atoms with Gasteiger partial charge in [-0.25, -0.2) is 9.59 Å². The van der Waals surface area contributed by atoms with E-state index in [0.717, 1.165) is 22.5 Å². The van der Waals surface area contributed by atoms with E-state index in [1.54, 1.807) is 36.4 Å². The highest BCUT2D eigenvalue weighted by Crippen LogP contribution is 2.19. The van der Waals surface area contributed by atoms with Crippen LogP contribution in [-0.2, 0) is 46.4 Å². The van der Waals surface area contributed by atoms with Crippen LogP contribution in [0.25, 0.3) is 0 Å². The number of esters is 2. The van der Waals surface area contributed by atoms with Crippen molar-refractivity contribution in [3.05, 3.63) is 71.3 Å². The summed E-state index contributed by atoms with van der Waals surface area (Å²) in [7, 11) is 2.38. The lowest BCUT2D eigenvalue weighted by atomic mass is 10.0. The van der Waals surface area contributed by atoms with Crippen LogP contribution in [0.5, 0.6) is 0 Å². The summed E-state index contributed by atoms with van der Waals surface area (Å²) in [5, 5.41) is 11.7. The van der Waals surface area contributed by atoms with Crippen molar-refractivity contribution in [1.29, 1.82) is 0 Å². The van der Waals surface area contributed by atoms with Gasteiger partial charge in [-0.2, -0.15) is 0 Å². The molecule has 3 amide bonds. The Morgan fingerprint density at radius 3 is 2.24 bits per heavy atom. The molecule has 1 saturated heterocycles. The Morgan fingerprint density at radius 1 is 0.951 bits per heavy atom. The summed E-state index contributed by atoms with van der Waals surface area (Å²) in [6.07, 6.45) is -1.44. The predicted octanol–water partition coefficient (Wildman–Crippen LogP) is 0.998. The number of methoxy groups -OCH3 is 2. The number of benzene rings is 2. The molecule has 218 valence electrons. The second-order valence-corrected chi connectivity index (χ2v) is 9.13. The molecule has 2 N–H and O–H groups in total. The number of hydrogen-bond acceptors (Lipinski definition) is 9. The summed E-state index contributed by atoms with van der Waals surface area (Å²) >= 11 is 0. The van der Waals surface area contributed by atoms with Crippen molar-refractivity contribution in [2.24, 2.45) is 0 Å². The van der Waals surface area contributed by atoms with E-state index in [2.05, 4.69) is 10.1 Å². The molecule has 1 aliphatic heterocycles. The average Bonchev–Trinajstić information content (AvgIpc) is 2.97. The van der Waals surface area contributed by atoms with Crippen molar-refractivity contribution < 1.29 is 48.1 Å². The van der Waals surface area contributed by atoms with Crippen molar-refractivity contribution in [3.8, 4) is 0 Å². The van der Waals surface area contributed by atoms with Gasteiger partial charge in [0.1, 0.15) is 25.2 Å². The van der Waals surface area contributed by atoms with Crippen LogP contribution in [0.2, 0.25) is 0 Å². The van der Waals surface area contributed by atoms with Gasteiger partial charge in [0.05, 0.1) is 26.2 Å². The maximum Gasteiger partial charge on any atom is 0.408 e. The van der Waals surface area contributed by atoms with Crippen LogP contribution in [0.3, 0.4) is 0 Å². The van der Waals surface area contributed by atoms with Gasteiger partial charge in [0.2, 0.25) is 11.8 Å². The Kier molecular flexibility index (Phi) is 10.8. The molecule has 0 aromatic heterocycles. The first kappa shape index (κ1) is 30.6. The molecule has 0 bridgehead atoms. The van der Waals surface area contributed by atoms with Gasteiger partial charge < -0.3 is 34.4 Å². The maximum atomic E-state index is 13.8. The number of nitrogens with zero attached hydrogens (tertiary/aromatic N) is 2. The van der Waals surface area contributed by atoms with E-state index >= 15 is 0 Å². The molecule has 13 nitrogen and oxygen atoms in total. The van der Waals surface area contributed by atoms with E-state index in [-0.39, 0.29) is 31.7 Å². The van der Waals surface area contributed by atoms with E-state index < -0.39 is 60.9 Å². The third-order valence-corrected chi connectivity index (χ3v) is 6.40. The Labute approximate surface area is 235 Å². The Hall–Kier alpha value is -4.94. The van der Waals surface area contributed by atoms with Gasteiger partial charge in [0.25, 0.3) is 0 Å². The van der Waals surface area contributed by atoms with Gasteiger partial charge in [-0.05, 0) is 23.3 Å². The molecule has 1 fully saturated rings. The fourth-order valence-corrected chi connectivity index (χ4v) is 4.30. The zero-order valence-corrected chi connectivity index (χ0v) is 22.6. The molecular weight excluding hydrogens is 538 g/mol. The van der Waals surface area contributed by atoms with Crippen LogP contribution in [0.4, 0.5) is 4.79 Å². The second-order valence-electron chi connectivity index (χ2n) is 9.13. The fourth-order valence-electron chi connectivity index (χ4n) is 4.30. The van der Waals surface area contributed by atoms with Gasteiger partial charge >= 0.3 is 24.0 Å². The SMILES string of the molecule is COC(=O)C[C@H]1C(=O)N(CC(=O)O)CCN1C(=O)[C@H](Cc1ccc(C(=O)OC)cc1)NC(=O)OCc1ccccc1. The van der Waals surface area contributed by atoms with Crippen LogP contribution in [0.1, 0.15) is 27.9 Å². The molecule has 41 heavy (non-hydrogen) atoms. The van der Waals surface area contributed by atoms with E-state index in [1.807, 2.05) is 6.07 Å². The summed E-state index contributed by atoms with van der Waals surface area (Å²) in [5.41, 5.74) is 1.58. The number of nitrogens with one attached hydrogen (secondary N) is 1. The molecule has 0 unspecified atom stereocenters. The lowest BCUT2D eigenvalue weighted by Gasteiger charge is -2.41. The van der Waals surface area contributed by atoms with Crippen molar-refractivity contribution in [3.63, 3.8) is 0 Å². The Bertz CT molecular complexity index is 1270. The fraction of sp³-hybridized carbons (Fsp3) is 0.357. The van der Waals surface area contributed by atoms with E-state index in [0.29, 0.717) is 5.56 Å². The van der Waals surface area contributed by atoms with Gasteiger partial charge in [-0.15, -0.1) is 0 Å². The molecular formula is C28H31N3O10. The Balaban J connectivity index is 1.85. The number of alkyl carbamates (subject to hydrolysis) is 1. The summed E-state index contributed by atoms with van der Waals surface area (Å²) < 4.78 is 14.7. The number of rotatable bonds is 11. The molecule has 2 atom stereocenters. The van der Waals surface area contributed by atoms with E-state index in [1.165, 1.54) is 19.2 Å². The number of carbonyl (C=O) groups is 6. The highest BCUT2D eigenvalue weighted by molar-refractivity contribution is 5.95. The van der Waals surface area contributed by atoms with Gasteiger partial charge in [0, 0.05) is 19.5 Å². The van der Waals surface area contributed by atoms with Crippen molar-refractivity contribution >= 4 is 35.8 Å². The topological polar surface area (TPSA) is 169 Å². The standard InChI is InChI=1S/C28H31N3O10/c1-39-24(34)15-22-26(36)30(16-23(32)33)12-13-31(22)25(35)21(14-18-8-10-20(11-9-18)27(37)40-2)29-28(38)41-17-19-6-4-3-5-7-19/h3-11,21-22H,12-17H2,1-2H3,(H,29,38)(H,32,33)/t21-,22-/m0/s1. The van der Waals surface area contributed by atoms with Gasteiger partial charge in [-0.3, -0.25) is 19.2 Å². The first-order valence-electron chi connectivity index (χ1n) is 12.6. The second kappa shape index (κ2) is 14.4. The van der Waals surface area contributed by atoms with Crippen LogP contribution in [-0.4, -0.2) is 96.7 Å². The normalized spacial score (nSPS) is 15.5. The molecule has 13 heteroatoms. The number of carboxylic acids is 1. The first-order chi connectivity index (χ1) is 19.6. The van der Waals surface area contributed by atoms with Crippen LogP contribution < -0.4 is 5.32 Å². The molecule has 2 aromatic rings. The zero-order chi connectivity index (χ0) is 29.9. The monoisotopic (exact) mass is 569 g/mol. The van der Waals surface area contributed by atoms with Gasteiger partial charge in [-0.1, -0.05) is 42.5 Å². The molecule has 1 aliphatic rings. The smallest absolute Gasteiger partial charge is 0.408 e. The number of ether oxygens (including phenoxy) is 3. The largest absolute Gasteiger partial charge is 0.480 e. The lowest BCUT2D eigenvalue weighted by molar-refractivity contribution is -0.159. The number of carbonyl (C=O) groups excluding carboxylic acids is 5. The zero-order valence-electron chi connectivity index (χ0n) is 22.6. The predicted molar refractivity (Wildman–Crippen MR) is 141 cm³/mol. The third kappa shape index (κ3) is 8.52. The van der Waals surface area contributed by atoms with Crippen molar-refractivity contribution in [1.82, 2.24) is 15.1 Å². The third-order valence-electron chi connectivity index (χ3n) is 6.40. The molecule has 0 aliphatic carbocycles. The molecule has 0 spiro atoms. The quantitative estimate of drug-likeness (QED) is 0.294. The highest BCUT2D eigenvalue weighted by atomic mass is 16.5. The maximum absolute atomic E-state index is 13.8. The van der Waals surface area contributed by atoms with E-state index in [9.17, 15) is 33.9 Å². The summed E-state index contributed by atoms with van der Waals surface area (Å²) in [6, 6.07) is 12.5. The highest BCUT2D eigenvalue weighted by Gasteiger charge is 2.42. The lowest BCUT2D eigenvalue weighted by Crippen LogP contribution is -2.63.